The Labute approximate surface area is 117 Å². The maximum absolute atomic E-state index is 12.1. The van der Waals surface area contributed by atoms with Gasteiger partial charge in [0.2, 0.25) is 11.5 Å². The molecule has 0 radical (unpaired) electrons. The van der Waals surface area contributed by atoms with E-state index in [1.54, 1.807) is 13.4 Å². The van der Waals surface area contributed by atoms with Gasteiger partial charge in [-0.05, 0) is 26.2 Å². The van der Waals surface area contributed by atoms with E-state index < -0.39 is 5.69 Å². The van der Waals surface area contributed by atoms with Crippen molar-refractivity contribution in [1.82, 2.24) is 14.0 Å². The van der Waals surface area contributed by atoms with Crippen molar-refractivity contribution in [3.63, 3.8) is 0 Å². The lowest BCUT2D eigenvalue weighted by Crippen LogP contribution is -2.47. The first-order valence-electron chi connectivity index (χ1n) is 6.85. The second kappa shape index (κ2) is 5.34. The van der Waals surface area contributed by atoms with Crippen LogP contribution in [0.4, 0.5) is 11.5 Å². The molecule has 0 bridgehead atoms. The van der Waals surface area contributed by atoms with E-state index in [1.165, 1.54) is 4.57 Å². The van der Waals surface area contributed by atoms with Gasteiger partial charge in [-0.25, -0.2) is 9.28 Å². The van der Waals surface area contributed by atoms with E-state index in [0.29, 0.717) is 16.0 Å². The van der Waals surface area contributed by atoms with Crippen LogP contribution in [0.5, 0.6) is 0 Å². The third-order valence-corrected chi connectivity index (χ3v) is 3.75. The molecule has 2 rings (SSSR count). The predicted molar refractivity (Wildman–Crippen MR) is 80.5 cm³/mol. The fraction of sp³-hybridized carbons (Fsp3) is 0.615. The van der Waals surface area contributed by atoms with Crippen molar-refractivity contribution in [2.45, 2.75) is 32.2 Å². The number of rotatable bonds is 5. The Hall–Kier alpha value is -1.73. The predicted octanol–water partition coefficient (Wildman–Crippen LogP) is 0.202. The van der Waals surface area contributed by atoms with Crippen LogP contribution in [0.25, 0.3) is 0 Å². The van der Waals surface area contributed by atoms with Crippen molar-refractivity contribution >= 4 is 17.8 Å². The Morgan fingerprint density at radius 3 is 2.80 bits per heavy atom. The summed E-state index contributed by atoms with van der Waals surface area (Å²) in [5.41, 5.74) is 5.48. The van der Waals surface area contributed by atoms with Crippen LogP contribution in [-0.4, -0.2) is 35.5 Å². The van der Waals surface area contributed by atoms with Crippen LogP contribution in [0.2, 0.25) is 0 Å². The van der Waals surface area contributed by atoms with Crippen LogP contribution in [0.3, 0.4) is 0 Å². The molecule has 110 valence electrons. The van der Waals surface area contributed by atoms with Gasteiger partial charge in [0.05, 0.1) is 13.6 Å². The van der Waals surface area contributed by atoms with Gasteiger partial charge < -0.3 is 5.73 Å². The highest BCUT2D eigenvalue weighted by atomic mass is 16.2. The minimum Gasteiger partial charge on any atom is -0.328 e. The summed E-state index contributed by atoms with van der Waals surface area (Å²) in [4.78, 5) is 30.2. The minimum atomic E-state index is -0.434. The van der Waals surface area contributed by atoms with Crippen LogP contribution in [0, 0.1) is 0 Å². The molecule has 0 fully saturated rings. The van der Waals surface area contributed by atoms with Gasteiger partial charge in [-0.15, -0.1) is 0 Å². The average molecular weight is 280 g/mol. The van der Waals surface area contributed by atoms with Crippen LogP contribution < -0.4 is 21.5 Å². The number of unbranched alkanes of at least 4 members (excludes halogenated alkanes) is 1. The summed E-state index contributed by atoms with van der Waals surface area (Å²) in [7, 11) is 3.54. The number of aromatic nitrogens is 2. The molecular formula is C13H22N5O2+. The summed E-state index contributed by atoms with van der Waals surface area (Å²) in [6.45, 7) is 2.76. The number of hydrogen-bond donors (Lipinski definition) is 2. The summed E-state index contributed by atoms with van der Waals surface area (Å²) in [5.74, 6) is 0.452. The Morgan fingerprint density at radius 2 is 2.15 bits per heavy atom. The topological polar surface area (TPSA) is 93.2 Å². The molecule has 0 aliphatic carbocycles. The van der Waals surface area contributed by atoms with E-state index in [4.69, 9.17) is 5.73 Å². The lowest BCUT2D eigenvalue weighted by molar-refractivity contribution is 0.464. The molecule has 2 atom stereocenters. The number of nitrogens with zero attached hydrogens (tertiary/aromatic N) is 3. The van der Waals surface area contributed by atoms with E-state index in [-0.39, 0.29) is 11.6 Å². The van der Waals surface area contributed by atoms with Crippen molar-refractivity contribution in [2.24, 2.45) is 17.8 Å². The highest BCUT2D eigenvalue weighted by Crippen LogP contribution is 2.31. The minimum absolute atomic E-state index is 0.198. The smallest absolute Gasteiger partial charge is 0.328 e. The van der Waals surface area contributed by atoms with Crippen molar-refractivity contribution in [3.8, 4) is 0 Å². The molecular weight excluding hydrogens is 258 g/mol. The lowest BCUT2D eigenvalue weighted by atomic mass is 10.1. The van der Waals surface area contributed by atoms with E-state index in [1.807, 2.05) is 14.0 Å². The molecule has 7 heteroatoms. The first kappa shape index (κ1) is 14.7. The number of quaternary nitrogens is 1. The molecule has 0 spiro atoms. The molecule has 2 unspecified atom stereocenters. The number of fused-ring (bicyclic) bond motifs is 1. The van der Waals surface area contributed by atoms with Crippen molar-refractivity contribution in [2.75, 3.05) is 13.6 Å². The van der Waals surface area contributed by atoms with E-state index in [2.05, 4.69) is 9.98 Å². The number of aliphatic imine (C=N–C) groups is 1. The van der Waals surface area contributed by atoms with Crippen LogP contribution in [0.1, 0.15) is 26.2 Å². The van der Waals surface area contributed by atoms with Gasteiger partial charge in [-0.3, -0.25) is 14.3 Å². The van der Waals surface area contributed by atoms with Crippen LogP contribution in [0.15, 0.2) is 14.6 Å². The molecule has 20 heavy (non-hydrogen) atoms. The maximum Gasteiger partial charge on any atom is 0.330 e. The molecule has 0 aromatic carbocycles. The molecule has 1 aliphatic rings. The number of nitrogens with two attached hydrogens (primary N) is 1. The summed E-state index contributed by atoms with van der Waals surface area (Å²) >= 11 is 0. The molecule has 3 N–H and O–H groups in total. The number of nitrogens with one attached hydrogen (secondary N) is 1. The Kier molecular flexibility index (Phi) is 3.92. The lowest BCUT2D eigenvalue weighted by Gasteiger charge is -2.24. The van der Waals surface area contributed by atoms with E-state index >= 15 is 0 Å². The highest BCUT2D eigenvalue weighted by molar-refractivity contribution is 5.86. The molecule has 2 heterocycles. The number of aromatic amines is 1. The van der Waals surface area contributed by atoms with Gasteiger partial charge in [-0.2, -0.15) is 4.99 Å². The zero-order valence-corrected chi connectivity index (χ0v) is 12.2. The zero-order valence-electron chi connectivity index (χ0n) is 12.2. The largest absolute Gasteiger partial charge is 0.330 e. The number of H-pyrrole nitrogens is 1. The fourth-order valence-electron chi connectivity index (χ4n) is 2.52. The average Bonchev–Trinajstić information content (AvgIpc) is 2.71. The molecule has 1 aliphatic heterocycles. The second-order valence-electron chi connectivity index (χ2n) is 5.70. The highest BCUT2D eigenvalue weighted by Gasteiger charge is 2.36. The zero-order chi connectivity index (χ0) is 14.9. The maximum atomic E-state index is 12.1. The first-order chi connectivity index (χ1) is 9.35. The molecule has 0 saturated carbocycles. The Morgan fingerprint density at radius 1 is 1.45 bits per heavy atom. The third kappa shape index (κ3) is 2.59. The normalized spacial score (nSPS) is 22.0. The van der Waals surface area contributed by atoms with Gasteiger partial charge >= 0.3 is 11.2 Å². The molecule has 0 saturated heterocycles. The van der Waals surface area contributed by atoms with Crippen molar-refractivity contribution < 1.29 is 0 Å². The molecule has 0 amide bonds. The Bertz CT molecular complexity index is 643. The van der Waals surface area contributed by atoms with E-state index in [9.17, 15) is 9.59 Å². The quantitative estimate of drug-likeness (QED) is 0.596. The van der Waals surface area contributed by atoms with Gasteiger partial charge in [0.15, 0.2) is 6.34 Å². The summed E-state index contributed by atoms with van der Waals surface area (Å²) in [5, 5.41) is 0. The van der Waals surface area contributed by atoms with Gasteiger partial charge in [0, 0.05) is 13.1 Å². The summed E-state index contributed by atoms with van der Waals surface area (Å²) < 4.78 is 1.70. The second-order valence-corrected chi connectivity index (χ2v) is 5.70. The van der Waals surface area contributed by atoms with E-state index in [0.717, 1.165) is 25.8 Å². The van der Waals surface area contributed by atoms with Gasteiger partial charge in [-0.1, -0.05) is 0 Å². The first-order valence-corrected chi connectivity index (χ1v) is 6.85. The van der Waals surface area contributed by atoms with Crippen LogP contribution in [-0.2, 0) is 7.05 Å². The van der Waals surface area contributed by atoms with Gasteiger partial charge in [0.25, 0.3) is 0 Å². The Balaban J connectivity index is 2.23. The third-order valence-electron chi connectivity index (χ3n) is 3.75. The van der Waals surface area contributed by atoms with Crippen molar-refractivity contribution in [1.29, 1.82) is 0 Å². The monoisotopic (exact) mass is 280 g/mol. The summed E-state index contributed by atoms with van der Waals surface area (Å²) in [6, 6.07) is 0.198. The van der Waals surface area contributed by atoms with Crippen LogP contribution >= 0.6 is 0 Å². The molecule has 1 aromatic heterocycles. The number of hydrogen-bond acceptors (Lipinski definition) is 4. The standard InChI is InChI=1S/C13H21N5O2/c1-9(14)6-4-5-7-18(3)8-15-11-10(18)12(19)16-13(20)17(11)2/h8-9H,4-7,14H2,1-3H3/p+1. The molecule has 7 nitrogen and oxygen atoms in total. The SMILES string of the molecule is CC(N)CCCC[N+]1(C)C=Nc2c1c(=O)[nH]c(=O)n2C. The van der Waals surface area contributed by atoms with Gasteiger partial charge in [0.1, 0.15) is 0 Å². The summed E-state index contributed by atoms with van der Waals surface area (Å²) in [6.07, 6.45) is 4.66. The fourth-order valence-corrected chi connectivity index (χ4v) is 2.52. The van der Waals surface area contributed by atoms with Crippen molar-refractivity contribution in [3.05, 3.63) is 20.8 Å². The molecule has 1 aromatic rings.